The summed E-state index contributed by atoms with van der Waals surface area (Å²) in [6, 6.07) is 8.39. The Morgan fingerprint density at radius 3 is 2.16 bits per heavy atom. The summed E-state index contributed by atoms with van der Waals surface area (Å²) in [6.07, 6.45) is 5.29. The van der Waals surface area contributed by atoms with Crippen LogP contribution in [0.5, 0.6) is 0 Å². The highest BCUT2D eigenvalue weighted by Crippen LogP contribution is 2.23. The highest BCUT2D eigenvalue weighted by molar-refractivity contribution is 5.28. The van der Waals surface area contributed by atoms with Crippen molar-refractivity contribution in [3.8, 4) is 0 Å². The first-order valence-corrected chi connectivity index (χ1v) is 7.53. The third-order valence-corrected chi connectivity index (χ3v) is 4.44. The Kier molecular flexibility index (Phi) is 5.00. The fourth-order valence-electron chi connectivity index (χ4n) is 3.38. The van der Waals surface area contributed by atoms with E-state index in [1.807, 2.05) is 0 Å². The Labute approximate surface area is 118 Å². The molecule has 0 unspecified atom stereocenters. The molecule has 0 spiro atoms. The normalized spacial score (nSPS) is 23.8. The zero-order valence-corrected chi connectivity index (χ0v) is 12.9. The molecule has 0 saturated heterocycles. The van der Waals surface area contributed by atoms with Crippen LogP contribution in [-0.4, -0.2) is 31.1 Å². The molecule has 1 aromatic rings. The van der Waals surface area contributed by atoms with Gasteiger partial charge in [-0.1, -0.05) is 29.3 Å². The fourth-order valence-corrected chi connectivity index (χ4v) is 3.38. The van der Waals surface area contributed by atoms with E-state index >= 15 is 0 Å². The van der Waals surface area contributed by atoms with E-state index in [1.165, 1.54) is 42.4 Å². The summed E-state index contributed by atoms with van der Waals surface area (Å²) < 4.78 is 0. The van der Waals surface area contributed by atoms with Gasteiger partial charge in [-0.2, -0.15) is 0 Å². The number of hydrogen-bond donors (Lipinski definition) is 1. The number of rotatable bonds is 4. The summed E-state index contributed by atoms with van der Waals surface area (Å²) in [5.41, 5.74) is 4.21. The quantitative estimate of drug-likeness (QED) is 0.894. The Hall–Kier alpha value is -0.860. The van der Waals surface area contributed by atoms with Gasteiger partial charge in [0.05, 0.1) is 0 Å². The van der Waals surface area contributed by atoms with Crippen LogP contribution in [0.2, 0.25) is 0 Å². The summed E-state index contributed by atoms with van der Waals surface area (Å²) in [5.74, 6) is 0. The molecule has 2 nitrogen and oxygen atoms in total. The van der Waals surface area contributed by atoms with Crippen molar-refractivity contribution >= 4 is 0 Å². The van der Waals surface area contributed by atoms with Crippen molar-refractivity contribution in [1.29, 1.82) is 0 Å². The molecule has 1 aliphatic rings. The van der Waals surface area contributed by atoms with Gasteiger partial charge in [0.15, 0.2) is 0 Å². The highest BCUT2D eigenvalue weighted by Gasteiger charge is 2.22. The number of aryl methyl sites for hydroxylation is 2. The van der Waals surface area contributed by atoms with Crippen LogP contribution in [0.4, 0.5) is 0 Å². The number of nitrogens with zero attached hydrogens (tertiary/aromatic N) is 1. The van der Waals surface area contributed by atoms with Gasteiger partial charge in [0.25, 0.3) is 0 Å². The molecule has 1 fully saturated rings. The van der Waals surface area contributed by atoms with Crippen molar-refractivity contribution in [2.75, 3.05) is 14.1 Å². The van der Waals surface area contributed by atoms with Crippen LogP contribution in [-0.2, 0) is 6.54 Å². The van der Waals surface area contributed by atoms with Crippen LogP contribution in [0.25, 0.3) is 0 Å². The van der Waals surface area contributed by atoms with E-state index in [1.54, 1.807) is 0 Å². The Bertz CT molecular complexity index is 385. The molecule has 0 aliphatic heterocycles. The molecule has 0 heterocycles. The first-order valence-electron chi connectivity index (χ1n) is 7.53. The van der Waals surface area contributed by atoms with Gasteiger partial charge in [-0.25, -0.2) is 0 Å². The van der Waals surface area contributed by atoms with E-state index in [0.717, 1.165) is 18.6 Å². The van der Waals surface area contributed by atoms with Gasteiger partial charge >= 0.3 is 0 Å². The van der Waals surface area contributed by atoms with E-state index in [-0.39, 0.29) is 0 Å². The van der Waals surface area contributed by atoms with Crippen LogP contribution < -0.4 is 5.32 Å². The van der Waals surface area contributed by atoms with Crippen molar-refractivity contribution in [2.24, 2.45) is 0 Å². The van der Waals surface area contributed by atoms with Gasteiger partial charge in [0, 0.05) is 18.6 Å². The van der Waals surface area contributed by atoms with Gasteiger partial charge in [-0.15, -0.1) is 0 Å². The van der Waals surface area contributed by atoms with Crippen LogP contribution >= 0.6 is 0 Å². The molecule has 0 atom stereocenters. The third kappa shape index (κ3) is 4.05. The maximum atomic E-state index is 3.41. The van der Waals surface area contributed by atoms with Crippen LogP contribution in [0.15, 0.2) is 18.2 Å². The lowest BCUT2D eigenvalue weighted by molar-refractivity contribution is 0.170. The summed E-state index contributed by atoms with van der Waals surface area (Å²) >= 11 is 0. The molecule has 19 heavy (non-hydrogen) atoms. The van der Waals surface area contributed by atoms with Crippen molar-refractivity contribution in [2.45, 2.75) is 58.2 Å². The largest absolute Gasteiger partial charge is 0.317 e. The minimum atomic E-state index is 0.742. The maximum absolute atomic E-state index is 3.41. The lowest BCUT2D eigenvalue weighted by Gasteiger charge is -2.34. The monoisotopic (exact) mass is 260 g/mol. The van der Waals surface area contributed by atoms with E-state index in [9.17, 15) is 0 Å². The molecule has 2 rings (SSSR count). The summed E-state index contributed by atoms with van der Waals surface area (Å²) in [4.78, 5) is 2.54. The van der Waals surface area contributed by atoms with Gasteiger partial charge in [0.2, 0.25) is 0 Å². The van der Waals surface area contributed by atoms with E-state index < -0.39 is 0 Å². The highest BCUT2D eigenvalue weighted by atomic mass is 15.1. The first-order chi connectivity index (χ1) is 9.08. The Morgan fingerprint density at radius 2 is 1.63 bits per heavy atom. The van der Waals surface area contributed by atoms with Crippen molar-refractivity contribution in [1.82, 2.24) is 10.2 Å². The zero-order chi connectivity index (χ0) is 13.8. The topological polar surface area (TPSA) is 15.3 Å². The first kappa shape index (κ1) is 14.5. The van der Waals surface area contributed by atoms with E-state index in [2.05, 4.69) is 56.4 Å². The van der Waals surface area contributed by atoms with E-state index in [0.29, 0.717) is 0 Å². The lowest BCUT2D eigenvalue weighted by Crippen LogP contribution is -2.39. The molecule has 2 heteroatoms. The summed E-state index contributed by atoms with van der Waals surface area (Å²) in [7, 11) is 4.37. The molecule has 0 aromatic heterocycles. The SMILES string of the molecule is CNC1CCC(N(C)Cc2cc(C)cc(C)c2)CC1. The maximum Gasteiger partial charge on any atom is 0.0233 e. The second kappa shape index (κ2) is 6.53. The molecular weight excluding hydrogens is 232 g/mol. The molecule has 0 radical (unpaired) electrons. The second-order valence-corrected chi connectivity index (χ2v) is 6.21. The van der Waals surface area contributed by atoms with Crippen LogP contribution in [0.3, 0.4) is 0 Å². The lowest BCUT2D eigenvalue weighted by atomic mass is 9.90. The minimum Gasteiger partial charge on any atom is -0.317 e. The predicted octanol–water partition coefficient (Wildman–Crippen LogP) is 3.27. The second-order valence-electron chi connectivity index (χ2n) is 6.21. The molecule has 106 valence electrons. The van der Waals surface area contributed by atoms with Gasteiger partial charge in [-0.05, 0) is 59.2 Å². The predicted molar refractivity (Wildman–Crippen MR) is 82.5 cm³/mol. The summed E-state index contributed by atoms with van der Waals surface area (Å²) in [5, 5.41) is 3.41. The zero-order valence-electron chi connectivity index (χ0n) is 12.9. The standard InChI is InChI=1S/C17H28N2/c1-13-9-14(2)11-15(10-13)12-19(4)17-7-5-16(18-3)6-8-17/h9-11,16-18H,5-8,12H2,1-4H3. The molecular formula is C17H28N2. The van der Waals surface area contributed by atoms with Crippen molar-refractivity contribution in [3.05, 3.63) is 34.9 Å². The average Bonchev–Trinajstić information content (AvgIpc) is 2.37. The van der Waals surface area contributed by atoms with Gasteiger partial charge in [0.1, 0.15) is 0 Å². The van der Waals surface area contributed by atoms with E-state index in [4.69, 9.17) is 0 Å². The van der Waals surface area contributed by atoms with Crippen LogP contribution in [0.1, 0.15) is 42.4 Å². The minimum absolute atomic E-state index is 0.742. The van der Waals surface area contributed by atoms with Gasteiger partial charge in [-0.3, -0.25) is 4.90 Å². The van der Waals surface area contributed by atoms with Crippen molar-refractivity contribution < 1.29 is 0 Å². The number of hydrogen-bond acceptors (Lipinski definition) is 2. The van der Waals surface area contributed by atoms with Gasteiger partial charge < -0.3 is 5.32 Å². The van der Waals surface area contributed by atoms with Crippen LogP contribution in [0, 0.1) is 13.8 Å². The van der Waals surface area contributed by atoms with Crippen molar-refractivity contribution in [3.63, 3.8) is 0 Å². The third-order valence-electron chi connectivity index (χ3n) is 4.44. The molecule has 0 amide bonds. The molecule has 0 bridgehead atoms. The molecule has 1 saturated carbocycles. The Morgan fingerprint density at radius 1 is 1.05 bits per heavy atom. The average molecular weight is 260 g/mol. The summed E-state index contributed by atoms with van der Waals surface area (Å²) in [6.45, 7) is 5.46. The molecule has 1 aromatic carbocycles. The smallest absolute Gasteiger partial charge is 0.0233 e. The Balaban J connectivity index is 1.92. The number of nitrogens with one attached hydrogen (secondary N) is 1. The fraction of sp³-hybridized carbons (Fsp3) is 0.647. The number of benzene rings is 1. The molecule has 1 N–H and O–H groups in total. The molecule has 1 aliphatic carbocycles.